The summed E-state index contributed by atoms with van der Waals surface area (Å²) in [6.45, 7) is 3.75. The first-order chi connectivity index (χ1) is 18.6. The summed E-state index contributed by atoms with van der Waals surface area (Å²) < 4.78 is 14.1. The molecule has 3 heterocycles. The number of piperazine rings is 1. The van der Waals surface area contributed by atoms with E-state index in [1.807, 2.05) is 18.2 Å². The standard InChI is InChI=1S/C26H26ClFN10/c27-21-15-31-23-6-5-17(11-20(23)25(21)32-12-18-3-1-2-4-22(18)28)19-13-33-26(34-14-19)38-9-7-37(8-10-38)16-24(35-29)36-30/h1-6,11,13-15,29H,7-10,12,16,30H2,(H,31,32). The number of rotatable bonds is 7. The minimum absolute atomic E-state index is 0.272. The molecule has 1 aliphatic rings. The fourth-order valence-electron chi connectivity index (χ4n) is 4.40. The van der Waals surface area contributed by atoms with Gasteiger partial charge in [0.2, 0.25) is 5.95 Å². The molecule has 4 aromatic rings. The van der Waals surface area contributed by atoms with Crippen LogP contribution in [0.3, 0.4) is 0 Å². The van der Waals surface area contributed by atoms with Gasteiger partial charge in [0.15, 0.2) is 5.84 Å². The second-order valence-corrected chi connectivity index (χ2v) is 9.26. The van der Waals surface area contributed by atoms with Gasteiger partial charge in [-0.05, 0) is 23.8 Å². The fourth-order valence-corrected chi connectivity index (χ4v) is 4.61. The van der Waals surface area contributed by atoms with E-state index in [1.165, 1.54) is 6.07 Å². The summed E-state index contributed by atoms with van der Waals surface area (Å²) in [6.07, 6.45) is 5.20. The van der Waals surface area contributed by atoms with Gasteiger partial charge in [-0.25, -0.2) is 19.9 Å². The summed E-state index contributed by atoms with van der Waals surface area (Å²) in [6, 6.07) is 12.5. The minimum atomic E-state index is -0.272. The average Bonchev–Trinajstić information content (AvgIpc) is 2.96. The van der Waals surface area contributed by atoms with Gasteiger partial charge in [-0.2, -0.15) is 5.10 Å². The van der Waals surface area contributed by atoms with Crippen LogP contribution in [0.15, 0.2) is 71.3 Å². The second kappa shape index (κ2) is 11.4. The molecule has 5 rings (SSSR count). The zero-order valence-corrected chi connectivity index (χ0v) is 21.2. The van der Waals surface area contributed by atoms with Crippen LogP contribution in [-0.2, 0) is 6.54 Å². The van der Waals surface area contributed by atoms with Gasteiger partial charge in [0, 0.05) is 67.8 Å². The van der Waals surface area contributed by atoms with Gasteiger partial charge in [-0.1, -0.05) is 35.9 Å². The van der Waals surface area contributed by atoms with Crippen LogP contribution >= 0.6 is 11.6 Å². The third-order valence-electron chi connectivity index (χ3n) is 6.50. The Morgan fingerprint density at radius 3 is 2.50 bits per heavy atom. The smallest absolute Gasteiger partial charge is 0.225 e. The summed E-state index contributed by atoms with van der Waals surface area (Å²) in [5, 5.41) is 11.4. The Bertz CT molecular complexity index is 1470. The van der Waals surface area contributed by atoms with Gasteiger partial charge in [0.1, 0.15) is 5.82 Å². The van der Waals surface area contributed by atoms with Crippen molar-refractivity contribution in [2.45, 2.75) is 6.54 Å². The van der Waals surface area contributed by atoms with E-state index in [9.17, 15) is 4.39 Å². The topological polar surface area (TPSA) is 132 Å². The summed E-state index contributed by atoms with van der Waals surface area (Å²) in [7, 11) is 0. The van der Waals surface area contributed by atoms with Gasteiger partial charge in [-0.15, -0.1) is 5.11 Å². The van der Waals surface area contributed by atoms with E-state index >= 15 is 0 Å². The van der Waals surface area contributed by atoms with Crippen LogP contribution in [0.4, 0.5) is 16.0 Å². The van der Waals surface area contributed by atoms with Crippen LogP contribution in [0.2, 0.25) is 5.02 Å². The highest BCUT2D eigenvalue weighted by Crippen LogP contribution is 2.33. The van der Waals surface area contributed by atoms with E-state index < -0.39 is 0 Å². The zero-order valence-electron chi connectivity index (χ0n) is 20.5. The predicted octanol–water partition coefficient (Wildman–Crippen LogP) is 4.52. The molecule has 0 spiro atoms. The molecule has 2 aromatic heterocycles. The number of hydrogen-bond donors (Lipinski definition) is 3. The molecular formula is C26H26ClFN10. The largest absolute Gasteiger partial charge is 0.379 e. The van der Waals surface area contributed by atoms with Crippen LogP contribution in [0.25, 0.3) is 22.0 Å². The van der Waals surface area contributed by atoms with E-state index in [4.69, 9.17) is 23.0 Å². The Hall–Kier alpha value is -4.22. The number of anilines is 2. The molecule has 0 atom stereocenters. The van der Waals surface area contributed by atoms with E-state index in [0.29, 0.717) is 41.1 Å². The molecule has 1 fully saturated rings. The number of nitrogens with zero attached hydrogens (tertiary/aromatic N) is 7. The van der Waals surface area contributed by atoms with Gasteiger partial charge < -0.3 is 16.1 Å². The van der Waals surface area contributed by atoms with Crippen molar-refractivity contribution in [3.63, 3.8) is 0 Å². The number of fused-ring (bicyclic) bond motifs is 1. The normalized spacial score (nSPS) is 14.6. The maximum Gasteiger partial charge on any atom is 0.225 e. The van der Waals surface area contributed by atoms with Gasteiger partial charge in [0.25, 0.3) is 0 Å². The highest BCUT2D eigenvalue weighted by atomic mass is 35.5. The lowest BCUT2D eigenvalue weighted by Gasteiger charge is -2.34. The molecule has 38 heavy (non-hydrogen) atoms. The molecule has 0 radical (unpaired) electrons. The summed E-state index contributed by atoms with van der Waals surface area (Å²) in [5.74, 6) is 5.95. The van der Waals surface area contributed by atoms with Gasteiger partial charge in [0.05, 0.1) is 22.8 Å². The summed E-state index contributed by atoms with van der Waals surface area (Å²) >= 11 is 6.49. The number of hydrogen-bond acceptors (Lipinski definition) is 9. The first-order valence-electron chi connectivity index (χ1n) is 12.0. The van der Waals surface area contributed by atoms with Crippen LogP contribution < -0.4 is 16.1 Å². The molecule has 12 heteroatoms. The lowest BCUT2D eigenvalue weighted by Crippen LogP contribution is -2.48. The number of hydrazone groups is 1. The molecule has 194 valence electrons. The van der Waals surface area contributed by atoms with E-state index in [0.717, 1.165) is 48.2 Å². The number of nitrogens with one attached hydrogen (secondary N) is 2. The molecule has 2 aromatic carbocycles. The Kier molecular flexibility index (Phi) is 7.66. The van der Waals surface area contributed by atoms with Crippen molar-refractivity contribution in [2.24, 2.45) is 16.1 Å². The second-order valence-electron chi connectivity index (χ2n) is 8.85. The number of benzene rings is 2. The Morgan fingerprint density at radius 1 is 1.03 bits per heavy atom. The summed E-state index contributed by atoms with van der Waals surface area (Å²) in [4.78, 5) is 17.9. The SMILES string of the molecule is N=NC(CN1CCN(c2ncc(-c3ccc4ncc(Cl)c(NCc5ccccc5F)c4c3)cn2)CC1)=NN. The first kappa shape index (κ1) is 25.4. The third kappa shape index (κ3) is 5.53. The van der Waals surface area contributed by atoms with Crippen LogP contribution in [-0.4, -0.2) is 58.4 Å². The molecule has 1 aliphatic heterocycles. The highest BCUT2D eigenvalue weighted by molar-refractivity contribution is 6.34. The molecule has 0 aliphatic carbocycles. The molecule has 0 bridgehead atoms. The highest BCUT2D eigenvalue weighted by Gasteiger charge is 2.20. The maximum absolute atomic E-state index is 14.1. The van der Waals surface area contributed by atoms with E-state index in [-0.39, 0.29) is 5.82 Å². The summed E-state index contributed by atoms with van der Waals surface area (Å²) in [5.41, 5.74) is 10.9. The van der Waals surface area contributed by atoms with Gasteiger partial charge >= 0.3 is 0 Å². The monoisotopic (exact) mass is 532 g/mol. The van der Waals surface area contributed by atoms with Crippen molar-refractivity contribution in [2.75, 3.05) is 42.9 Å². The molecule has 10 nitrogen and oxygen atoms in total. The number of pyridine rings is 1. The van der Waals surface area contributed by atoms with Crippen molar-refractivity contribution < 1.29 is 4.39 Å². The Balaban J connectivity index is 1.32. The molecular weight excluding hydrogens is 507 g/mol. The molecule has 0 unspecified atom stereocenters. The molecule has 0 saturated carbocycles. The maximum atomic E-state index is 14.1. The van der Waals surface area contributed by atoms with E-state index in [2.05, 4.69) is 40.3 Å². The van der Waals surface area contributed by atoms with Crippen molar-refractivity contribution >= 4 is 40.0 Å². The predicted molar refractivity (Wildman–Crippen MR) is 147 cm³/mol. The number of aromatic nitrogens is 3. The molecule has 4 N–H and O–H groups in total. The number of halogens is 2. The number of nitrogens with two attached hydrogens (primary N) is 1. The van der Waals surface area contributed by atoms with Crippen LogP contribution in [0, 0.1) is 11.3 Å². The van der Waals surface area contributed by atoms with Crippen molar-refractivity contribution in [1.29, 1.82) is 5.53 Å². The van der Waals surface area contributed by atoms with Crippen LogP contribution in [0.5, 0.6) is 0 Å². The molecule has 1 saturated heterocycles. The van der Waals surface area contributed by atoms with Crippen molar-refractivity contribution in [3.8, 4) is 11.1 Å². The van der Waals surface area contributed by atoms with Crippen molar-refractivity contribution in [1.82, 2.24) is 19.9 Å². The quantitative estimate of drug-likeness (QED) is 0.105. The van der Waals surface area contributed by atoms with Crippen molar-refractivity contribution in [3.05, 3.63) is 77.5 Å². The third-order valence-corrected chi connectivity index (χ3v) is 6.79. The van der Waals surface area contributed by atoms with Crippen LogP contribution in [0.1, 0.15) is 5.56 Å². The first-order valence-corrected chi connectivity index (χ1v) is 12.4. The fraction of sp³-hybridized carbons (Fsp3) is 0.231. The average molecular weight is 533 g/mol. The lowest BCUT2D eigenvalue weighted by molar-refractivity contribution is 0.289. The Morgan fingerprint density at radius 2 is 1.79 bits per heavy atom. The molecule has 0 amide bonds. The minimum Gasteiger partial charge on any atom is -0.379 e. The lowest BCUT2D eigenvalue weighted by atomic mass is 10.0. The zero-order chi connectivity index (χ0) is 26.5. The van der Waals surface area contributed by atoms with Gasteiger partial charge in [-0.3, -0.25) is 9.88 Å². The van der Waals surface area contributed by atoms with E-state index in [1.54, 1.807) is 36.8 Å². The Labute approximate surface area is 223 Å². The number of amidine groups is 1.